The van der Waals surface area contributed by atoms with Crippen LogP contribution in [0, 0.1) is 20.8 Å². The van der Waals surface area contributed by atoms with Gasteiger partial charge in [0, 0.05) is 16.3 Å². The first kappa shape index (κ1) is 17.1. The van der Waals surface area contributed by atoms with Gasteiger partial charge in [0.05, 0.1) is 0 Å². The van der Waals surface area contributed by atoms with E-state index in [2.05, 4.69) is 20.8 Å². The molecule has 0 radical (unpaired) electrons. The smallest absolute Gasteiger partial charge is 0.246 e. The van der Waals surface area contributed by atoms with Crippen molar-refractivity contribution in [2.24, 2.45) is 0 Å². The molecule has 0 aliphatic carbocycles. The van der Waals surface area contributed by atoms with Crippen molar-refractivity contribution in [3.8, 4) is 11.4 Å². The van der Waals surface area contributed by atoms with Crippen LogP contribution in [0.15, 0.2) is 36.4 Å². The molecular formula is C18H18ClN5O. The first-order valence-electron chi connectivity index (χ1n) is 7.84. The van der Waals surface area contributed by atoms with Crippen LogP contribution in [0.1, 0.15) is 16.7 Å². The Morgan fingerprint density at radius 3 is 2.40 bits per heavy atom. The number of amides is 1. The van der Waals surface area contributed by atoms with Crippen molar-refractivity contribution in [3.63, 3.8) is 0 Å². The number of halogens is 1. The summed E-state index contributed by atoms with van der Waals surface area (Å²) in [7, 11) is 0. The van der Waals surface area contributed by atoms with Crippen molar-refractivity contribution in [3.05, 3.63) is 58.1 Å². The maximum atomic E-state index is 12.5. The van der Waals surface area contributed by atoms with Gasteiger partial charge in [-0.1, -0.05) is 29.3 Å². The van der Waals surface area contributed by atoms with Crippen LogP contribution in [0.5, 0.6) is 0 Å². The minimum atomic E-state index is -0.183. The molecule has 0 aliphatic heterocycles. The molecule has 6 nitrogen and oxygen atoms in total. The zero-order valence-electron chi connectivity index (χ0n) is 14.2. The molecular weight excluding hydrogens is 338 g/mol. The second-order valence-corrected chi connectivity index (χ2v) is 6.43. The second-order valence-electron chi connectivity index (χ2n) is 5.99. The van der Waals surface area contributed by atoms with E-state index in [1.54, 1.807) is 12.1 Å². The standard InChI is InChI=1S/C18H18ClN5O/c1-11-8-12(2)17(13(3)9-11)20-16(25)10-24-18(21-22-23-24)14-4-6-15(19)7-5-14/h4-9H,10H2,1-3H3,(H,20,25). The number of nitrogens with one attached hydrogen (secondary N) is 1. The summed E-state index contributed by atoms with van der Waals surface area (Å²) in [5.41, 5.74) is 4.85. The molecule has 0 saturated carbocycles. The van der Waals surface area contributed by atoms with Crippen LogP contribution >= 0.6 is 11.6 Å². The fraction of sp³-hybridized carbons (Fsp3) is 0.222. The van der Waals surface area contributed by atoms with E-state index in [1.807, 2.05) is 45.0 Å². The molecule has 1 aromatic heterocycles. The average molecular weight is 356 g/mol. The van der Waals surface area contributed by atoms with E-state index in [0.29, 0.717) is 10.8 Å². The summed E-state index contributed by atoms with van der Waals surface area (Å²) < 4.78 is 1.47. The van der Waals surface area contributed by atoms with E-state index < -0.39 is 0 Å². The molecule has 25 heavy (non-hydrogen) atoms. The van der Waals surface area contributed by atoms with Crippen LogP contribution in [-0.4, -0.2) is 26.1 Å². The molecule has 1 heterocycles. The van der Waals surface area contributed by atoms with Crippen LogP contribution in [0.3, 0.4) is 0 Å². The molecule has 0 atom stereocenters. The van der Waals surface area contributed by atoms with Crippen molar-refractivity contribution in [2.45, 2.75) is 27.3 Å². The highest BCUT2D eigenvalue weighted by molar-refractivity contribution is 6.30. The van der Waals surface area contributed by atoms with E-state index in [1.165, 1.54) is 10.2 Å². The number of carbonyl (C=O) groups excluding carboxylic acids is 1. The quantitative estimate of drug-likeness (QED) is 0.776. The number of nitrogens with zero attached hydrogens (tertiary/aromatic N) is 4. The Hall–Kier alpha value is -2.73. The van der Waals surface area contributed by atoms with Gasteiger partial charge in [-0.3, -0.25) is 4.79 Å². The van der Waals surface area contributed by atoms with E-state index >= 15 is 0 Å². The first-order chi connectivity index (χ1) is 11.9. The zero-order chi connectivity index (χ0) is 18.0. The van der Waals surface area contributed by atoms with E-state index in [0.717, 1.165) is 22.4 Å². The Bertz CT molecular complexity index is 894. The van der Waals surface area contributed by atoms with Gasteiger partial charge in [0.1, 0.15) is 6.54 Å². The third-order valence-electron chi connectivity index (χ3n) is 3.87. The van der Waals surface area contributed by atoms with Crippen molar-refractivity contribution in [2.75, 3.05) is 5.32 Å². The lowest BCUT2D eigenvalue weighted by molar-refractivity contribution is -0.116. The molecule has 2 aromatic carbocycles. The van der Waals surface area contributed by atoms with E-state index in [4.69, 9.17) is 11.6 Å². The van der Waals surface area contributed by atoms with Crippen LogP contribution in [-0.2, 0) is 11.3 Å². The third kappa shape index (κ3) is 3.85. The highest BCUT2D eigenvalue weighted by Gasteiger charge is 2.14. The van der Waals surface area contributed by atoms with Crippen LogP contribution < -0.4 is 5.32 Å². The number of anilines is 1. The van der Waals surface area contributed by atoms with Gasteiger partial charge < -0.3 is 5.32 Å². The number of rotatable bonds is 4. The van der Waals surface area contributed by atoms with Gasteiger partial charge in [0.2, 0.25) is 5.91 Å². The lowest BCUT2D eigenvalue weighted by Crippen LogP contribution is -2.21. The Morgan fingerprint density at radius 2 is 1.76 bits per heavy atom. The van der Waals surface area contributed by atoms with Gasteiger partial charge in [-0.2, -0.15) is 0 Å². The first-order valence-corrected chi connectivity index (χ1v) is 8.21. The number of aryl methyl sites for hydroxylation is 3. The van der Waals surface area contributed by atoms with Crippen molar-refractivity contribution in [1.82, 2.24) is 20.2 Å². The molecule has 3 aromatic rings. The number of carbonyl (C=O) groups is 1. The summed E-state index contributed by atoms with van der Waals surface area (Å²) in [4.78, 5) is 12.5. The van der Waals surface area contributed by atoms with Gasteiger partial charge >= 0.3 is 0 Å². The fourth-order valence-corrected chi connectivity index (χ4v) is 2.94. The summed E-state index contributed by atoms with van der Waals surface area (Å²) in [6.07, 6.45) is 0. The molecule has 0 fully saturated rings. The molecule has 1 amide bonds. The Balaban J connectivity index is 1.79. The minimum Gasteiger partial charge on any atom is -0.324 e. The maximum Gasteiger partial charge on any atom is 0.246 e. The molecule has 0 saturated heterocycles. The number of hydrogen-bond donors (Lipinski definition) is 1. The molecule has 0 aliphatic rings. The third-order valence-corrected chi connectivity index (χ3v) is 4.12. The molecule has 0 unspecified atom stereocenters. The highest BCUT2D eigenvalue weighted by Crippen LogP contribution is 2.22. The largest absolute Gasteiger partial charge is 0.324 e. The van der Waals surface area contributed by atoms with Crippen molar-refractivity contribution >= 4 is 23.2 Å². The number of tetrazole rings is 1. The van der Waals surface area contributed by atoms with Crippen LogP contribution in [0.25, 0.3) is 11.4 Å². The number of benzene rings is 2. The molecule has 128 valence electrons. The maximum absolute atomic E-state index is 12.5. The Morgan fingerprint density at radius 1 is 1.12 bits per heavy atom. The van der Waals surface area contributed by atoms with Crippen molar-refractivity contribution < 1.29 is 4.79 Å². The monoisotopic (exact) mass is 355 g/mol. The average Bonchev–Trinajstić information content (AvgIpc) is 2.99. The summed E-state index contributed by atoms with van der Waals surface area (Å²) >= 11 is 5.91. The molecule has 7 heteroatoms. The summed E-state index contributed by atoms with van der Waals surface area (Å²) in [5.74, 6) is 0.335. The van der Waals surface area contributed by atoms with Crippen molar-refractivity contribution in [1.29, 1.82) is 0 Å². The summed E-state index contributed by atoms with van der Waals surface area (Å²) in [6, 6.07) is 11.2. The van der Waals surface area contributed by atoms with Gasteiger partial charge in [0.15, 0.2) is 5.82 Å². The lowest BCUT2D eigenvalue weighted by Gasteiger charge is -2.13. The number of hydrogen-bond acceptors (Lipinski definition) is 4. The fourth-order valence-electron chi connectivity index (χ4n) is 2.81. The molecule has 0 bridgehead atoms. The predicted molar refractivity (Wildman–Crippen MR) is 97.5 cm³/mol. The Labute approximate surface area is 150 Å². The molecule has 0 spiro atoms. The van der Waals surface area contributed by atoms with Crippen LogP contribution in [0.4, 0.5) is 5.69 Å². The van der Waals surface area contributed by atoms with Crippen LogP contribution in [0.2, 0.25) is 5.02 Å². The van der Waals surface area contributed by atoms with E-state index in [-0.39, 0.29) is 12.5 Å². The minimum absolute atomic E-state index is 0.0255. The predicted octanol–water partition coefficient (Wildman–Crippen LogP) is 3.56. The van der Waals surface area contributed by atoms with Gasteiger partial charge in [-0.25, -0.2) is 4.68 Å². The Kier molecular flexibility index (Phi) is 4.81. The van der Waals surface area contributed by atoms with E-state index in [9.17, 15) is 4.79 Å². The van der Waals surface area contributed by atoms with Gasteiger partial charge in [-0.05, 0) is 66.6 Å². The lowest BCUT2D eigenvalue weighted by atomic mass is 10.1. The topological polar surface area (TPSA) is 72.7 Å². The second kappa shape index (κ2) is 7.03. The highest BCUT2D eigenvalue weighted by atomic mass is 35.5. The molecule has 3 rings (SSSR count). The number of aromatic nitrogens is 4. The van der Waals surface area contributed by atoms with Gasteiger partial charge in [-0.15, -0.1) is 5.10 Å². The SMILES string of the molecule is Cc1cc(C)c(NC(=O)Cn2nnnc2-c2ccc(Cl)cc2)c(C)c1. The summed E-state index contributed by atoms with van der Waals surface area (Å²) in [6.45, 7) is 6.01. The molecule has 1 N–H and O–H groups in total. The normalized spacial score (nSPS) is 10.7. The van der Waals surface area contributed by atoms with Gasteiger partial charge in [0.25, 0.3) is 0 Å². The zero-order valence-corrected chi connectivity index (χ0v) is 15.0. The summed E-state index contributed by atoms with van der Waals surface area (Å²) in [5, 5.41) is 15.2.